The van der Waals surface area contributed by atoms with Gasteiger partial charge < -0.3 is 19.7 Å². The van der Waals surface area contributed by atoms with Crippen LogP contribution < -0.4 is 10.2 Å². The van der Waals surface area contributed by atoms with Gasteiger partial charge in [0.2, 0.25) is 11.8 Å². The lowest BCUT2D eigenvalue weighted by atomic mass is 9.70. The zero-order valence-electron chi connectivity index (χ0n) is 34.7. The zero-order valence-corrected chi connectivity index (χ0v) is 34.7. The van der Waals surface area contributed by atoms with Crippen LogP contribution in [0.1, 0.15) is 120 Å². The molecule has 4 aliphatic heterocycles. The van der Waals surface area contributed by atoms with Crippen molar-refractivity contribution < 1.29 is 19.2 Å². The Morgan fingerprint density at radius 1 is 0.864 bits per heavy atom. The molecule has 1 aliphatic carbocycles. The highest BCUT2D eigenvalue weighted by Gasteiger charge is 2.42. The van der Waals surface area contributed by atoms with Gasteiger partial charge in [0.05, 0.1) is 12.1 Å². The normalized spacial score (nSPS) is 21.1. The fraction of sp³-hybridized carbons (Fsp3) is 0.479. The number of imide groups is 1. The summed E-state index contributed by atoms with van der Waals surface area (Å²) in [5, 5.41) is 3.29. The van der Waals surface area contributed by atoms with Crippen LogP contribution in [0.25, 0.3) is 15.7 Å². The lowest BCUT2D eigenvalue weighted by molar-refractivity contribution is -0.136. The number of rotatable bonds is 10. The second-order valence-electron chi connectivity index (χ2n) is 17.8. The first-order valence-electron chi connectivity index (χ1n) is 21.8. The van der Waals surface area contributed by atoms with Gasteiger partial charge in [-0.25, -0.2) is 4.85 Å². The molecule has 306 valence electrons. The fourth-order valence-electron chi connectivity index (χ4n) is 10.7. The van der Waals surface area contributed by atoms with E-state index in [2.05, 4.69) is 68.8 Å². The third kappa shape index (κ3) is 7.04. The summed E-state index contributed by atoms with van der Waals surface area (Å²) in [6.07, 6.45) is 8.07. The highest BCUT2D eigenvalue weighted by molar-refractivity contribution is 6.20. The Labute approximate surface area is 346 Å². The highest BCUT2D eigenvalue weighted by atomic mass is 16.2. The summed E-state index contributed by atoms with van der Waals surface area (Å²) >= 11 is 0. The lowest BCUT2D eigenvalue weighted by Gasteiger charge is -2.44. The molecule has 3 aromatic carbocycles. The number of aromatic nitrogens is 1. The fourth-order valence-corrected chi connectivity index (χ4v) is 10.7. The Morgan fingerprint density at radius 2 is 1.66 bits per heavy atom. The number of hydrogen-bond donors (Lipinski definition) is 2. The quantitative estimate of drug-likeness (QED) is 0.102. The average molecular weight is 794 g/mol. The first-order chi connectivity index (χ1) is 28.5. The Bertz CT molecular complexity index is 2390. The van der Waals surface area contributed by atoms with Gasteiger partial charge >= 0.3 is 0 Å². The van der Waals surface area contributed by atoms with Crippen LogP contribution in [0.2, 0.25) is 0 Å². The third-order valence-corrected chi connectivity index (χ3v) is 14.1. The van der Waals surface area contributed by atoms with Crippen molar-refractivity contribution in [2.45, 2.75) is 103 Å². The molecule has 11 nitrogen and oxygen atoms in total. The second-order valence-corrected chi connectivity index (χ2v) is 17.8. The van der Waals surface area contributed by atoms with Crippen molar-refractivity contribution in [3.05, 3.63) is 105 Å². The smallest absolute Gasteiger partial charge is 0.255 e. The van der Waals surface area contributed by atoms with E-state index in [1.165, 1.54) is 16.8 Å². The number of aryl methyl sites for hydroxylation is 2. The summed E-state index contributed by atoms with van der Waals surface area (Å²) in [4.78, 5) is 68.2. The highest BCUT2D eigenvalue weighted by Crippen LogP contribution is 2.46. The van der Waals surface area contributed by atoms with Gasteiger partial charge in [0.1, 0.15) is 6.04 Å². The van der Waals surface area contributed by atoms with Crippen LogP contribution in [0.4, 0.5) is 11.4 Å². The monoisotopic (exact) mass is 793 g/mol. The average Bonchev–Trinajstić information content (AvgIpc) is 3.81. The minimum atomic E-state index is -0.579. The number of ketones is 1. The molecule has 0 spiro atoms. The van der Waals surface area contributed by atoms with E-state index >= 15 is 0 Å². The summed E-state index contributed by atoms with van der Waals surface area (Å²) in [5.74, 6) is -0.658. The number of carbonyl (C=O) groups excluding carboxylic acids is 4. The van der Waals surface area contributed by atoms with Gasteiger partial charge in [-0.15, -0.1) is 0 Å². The van der Waals surface area contributed by atoms with Gasteiger partial charge in [-0.3, -0.25) is 29.4 Å². The molecule has 9 rings (SSSR count). The Balaban J connectivity index is 0.752. The molecular weight excluding hydrogens is 739 g/mol. The molecule has 1 unspecified atom stereocenters. The number of unbranched alkanes of at least 4 members (excludes halogenated alkanes) is 2. The van der Waals surface area contributed by atoms with Crippen molar-refractivity contribution in [1.82, 2.24) is 25.0 Å². The molecule has 3 amide bonds. The summed E-state index contributed by atoms with van der Waals surface area (Å²) in [5.41, 5.74) is 10.0. The van der Waals surface area contributed by atoms with Gasteiger partial charge in [-0.05, 0) is 98.0 Å². The first-order valence-corrected chi connectivity index (χ1v) is 21.8. The number of nitrogens with one attached hydrogen (secondary N) is 2. The number of piperazine rings is 1. The summed E-state index contributed by atoms with van der Waals surface area (Å²) < 4.78 is 0. The largest absolute Gasteiger partial charge is 0.371 e. The second kappa shape index (κ2) is 15.7. The number of H-pyrrole nitrogens is 1. The minimum Gasteiger partial charge on any atom is -0.371 e. The Kier molecular flexibility index (Phi) is 10.4. The number of benzene rings is 3. The maximum absolute atomic E-state index is 14.1. The lowest BCUT2D eigenvalue weighted by Crippen LogP contribution is -2.53. The number of aromatic amines is 1. The number of carbonyl (C=O) groups is 4. The summed E-state index contributed by atoms with van der Waals surface area (Å²) in [6.45, 7) is 22.1. The minimum absolute atomic E-state index is 0.0747. The van der Waals surface area contributed by atoms with Gasteiger partial charge in [0.15, 0.2) is 11.5 Å². The molecule has 0 saturated carbocycles. The zero-order chi connectivity index (χ0) is 41.0. The van der Waals surface area contributed by atoms with E-state index < -0.39 is 6.04 Å². The third-order valence-electron chi connectivity index (χ3n) is 14.1. The molecule has 0 bridgehead atoms. The molecule has 59 heavy (non-hydrogen) atoms. The molecule has 2 N–H and O–H groups in total. The molecule has 5 aliphatic rings. The summed E-state index contributed by atoms with van der Waals surface area (Å²) in [7, 11) is 0. The standard InChI is InChI=1S/C48H55N7O4/c1-5-30-26-36-38(48(2,3)45-43(44(36)57)35-14-13-32(49-4)27-39(35)50-45)28-41(30)54-20-17-33(18-21-54)53-24-22-52(23-25-53)19-8-6-7-10-31-11-9-12-34-37(31)29-55(47(34)59)40-15-16-42(56)51-46(40)58/h9,11-14,26-28,33,40,50H,5-8,10,15-25,29H2,1-3H3,(H,51,56,58). The van der Waals surface area contributed by atoms with Crippen molar-refractivity contribution in [1.29, 1.82) is 0 Å². The molecule has 1 atom stereocenters. The molecule has 11 heteroatoms. The van der Waals surface area contributed by atoms with Crippen LogP contribution in [0.3, 0.4) is 0 Å². The van der Waals surface area contributed by atoms with E-state index in [-0.39, 0.29) is 35.3 Å². The van der Waals surface area contributed by atoms with Gasteiger partial charge in [-0.2, -0.15) is 0 Å². The number of anilines is 1. The van der Waals surface area contributed by atoms with Gasteiger partial charge in [0.25, 0.3) is 5.91 Å². The summed E-state index contributed by atoms with van der Waals surface area (Å²) in [6, 6.07) is 16.0. The molecule has 3 fully saturated rings. The van der Waals surface area contributed by atoms with Crippen molar-refractivity contribution in [3.63, 3.8) is 0 Å². The number of nitrogens with zero attached hydrogens (tertiary/aromatic N) is 5. The van der Waals surface area contributed by atoms with Crippen LogP contribution in [0.5, 0.6) is 0 Å². The molecule has 1 aromatic heterocycles. The topological polar surface area (TPSA) is 113 Å². The van der Waals surface area contributed by atoms with Crippen molar-refractivity contribution >= 4 is 45.8 Å². The van der Waals surface area contributed by atoms with E-state index in [1.807, 2.05) is 24.3 Å². The molecular formula is C48H55N7O4. The van der Waals surface area contributed by atoms with Crippen molar-refractivity contribution in [2.24, 2.45) is 0 Å². The van der Waals surface area contributed by atoms with Gasteiger partial charge in [0, 0.05) is 97.1 Å². The van der Waals surface area contributed by atoms with E-state index in [4.69, 9.17) is 6.57 Å². The van der Waals surface area contributed by atoms with Crippen LogP contribution in [0.15, 0.2) is 48.5 Å². The maximum Gasteiger partial charge on any atom is 0.255 e. The van der Waals surface area contributed by atoms with Crippen LogP contribution in [0, 0.1) is 6.57 Å². The van der Waals surface area contributed by atoms with Crippen molar-refractivity contribution in [3.8, 4) is 0 Å². The van der Waals surface area contributed by atoms with E-state index in [0.29, 0.717) is 30.3 Å². The number of fused-ring (bicyclic) bond motifs is 5. The molecule has 0 radical (unpaired) electrons. The SMILES string of the molecule is [C-]#[N+]c1ccc2c3c([nH]c2c1)C(C)(C)c1cc(N2CCC(N4CCN(CCCCCc5cccc6c5CN(C5CCC(=O)NC5=O)C6=O)CC4)CC2)c(CC)cc1C3=O. The van der Waals surface area contributed by atoms with Crippen LogP contribution in [-0.2, 0) is 34.4 Å². The van der Waals surface area contributed by atoms with Crippen molar-refractivity contribution in [2.75, 3.05) is 50.7 Å². The number of hydrogen-bond acceptors (Lipinski definition) is 7. The first kappa shape index (κ1) is 39.2. The molecule has 4 aromatic rings. The van der Waals surface area contributed by atoms with Gasteiger partial charge in [-0.1, -0.05) is 51.5 Å². The predicted octanol–water partition coefficient (Wildman–Crippen LogP) is 6.91. The molecule has 3 saturated heterocycles. The Hall–Kier alpha value is -5.31. The predicted molar refractivity (Wildman–Crippen MR) is 229 cm³/mol. The molecule has 5 heterocycles. The maximum atomic E-state index is 14.1. The van der Waals surface area contributed by atoms with E-state index in [0.717, 1.165) is 130 Å². The number of amides is 3. The van der Waals surface area contributed by atoms with Crippen LogP contribution >= 0.6 is 0 Å². The number of piperidine rings is 2. The van der Waals surface area contributed by atoms with Crippen LogP contribution in [-0.4, -0.2) is 101 Å². The van der Waals surface area contributed by atoms with E-state index in [9.17, 15) is 19.2 Å². The Morgan fingerprint density at radius 3 is 2.41 bits per heavy atom. The van der Waals surface area contributed by atoms with E-state index in [1.54, 1.807) is 11.0 Å².